The second-order valence-electron chi connectivity index (χ2n) is 19.1. The Bertz CT molecular complexity index is 1360. The van der Waals surface area contributed by atoms with Gasteiger partial charge in [0.15, 0.2) is 0 Å². The first-order valence-electron chi connectivity index (χ1n) is 20.3. The number of carbonyl (C=O) groups is 4. The van der Waals surface area contributed by atoms with Crippen LogP contribution in [0.4, 0.5) is 0 Å². The van der Waals surface area contributed by atoms with Crippen molar-refractivity contribution in [2.24, 2.45) is 62.4 Å². The molecule has 0 aliphatic heterocycles. The number of aliphatic carboxylic acids is 1. The van der Waals surface area contributed by atoms with E-state index in [0.29, 0.717) is 42.6 Å². The summed E-state index contributed by atoms with van der Waals surface area (Å²) in [4.78, 5) is 48.9. The molecular formula is C42H69N3O6. The van der Waals surface area contributed by atoms with Gasteiger partial charge in [0.25, 0.3) is 0 Å². The summed E-state index contributed by atoms with van der Waals surface area (Å²) in [5, 5.41) is 26.1. The molecule has 5 saturated carbocycles. The number of carbonyl (C=O) groups excluding carboxylic acids is 3. The zero-order chi connectivity index (χ0) is 37.6. The number of nitrogens with two attached hydrogens (primary N) is 1. The molecule has 6 N–H and O–H groups in total. The lowest BCUT2D eigenvalue weighted by Gasteiger charge is -2.72. The Morgan fingerprint density at radius 2 is 1.51 bits per heavy atom. The van der Waals surface area contributed by atoms with Crippen molar-refractivity contribution < 1.29 is 29.4 Å². The van der Waals surface area contributed by atoms with E-state index in [1.54, 1.807) is 0 Å². The number of allylic oxidation sites excluding steroid dienone is 1. The summed E-state index contributed by atoms with van der Waals surface area (Å²) >= 11 is 0. The quantitative estimate of drug-likeness (QED) is 0.0974. The van der Waals surface area contributed by atoms with Crippen LogP contribution in [-0.2, 0) is 19.2 Å². The van der Waals surface area contributed by atoms with E-state index in [2.05, 4.69) is 58.8 Å². The summed E-state index contributed by atoms with van der Waals surface area (Å²) in [5.41, 5.74) is 6.57. The largest absolute Gasteiger partial charge is 0.480 e. The number of hydrogen-bond donors (Lipinski definition) is 5. The highest BCUT2D eigenvalue weighted by Gasteiger charge is 2.71. The van der Waals surface area contributed by atoms with E-state index in [1.807, 2.05) is 0 Å². The number of hydrogen-bond acceptors (Lipinski definition) is 5. The lowest BCUT2D eigenvalue weighted by atomic mass is 9.32. The van der Waals surface area contributed by atoms with Gasteiger partial charge in [-0.3, -0.25) is 14.4 Å². The van der Waals surface area contributed by atoms with Gasteiger partial charge < -0.3 is 26.6 Å². The Balaban J connectivity index is 1.18. The summed E-state index contributed by atoms with van der Waals surface area (Å²) < 4.78 is 0. The van der Waals surface area contributed by atoms with Crippen molar-refractivity contribution in [1.82, 2.24) is 10.6 Å². The highest BCUT2D eigenvalue weighted by atomic mass is 16.4. The van der Waals surface area contributed by atoms with Gasteiger partial charge in [0.2, 0.25) is 17.7 Å². The number of aliphatic hydroxyl groups excluding tert-OH is 1. The fraction of sp³-hybridized carbons (Fsp3) is 0.857. The molecule has 11 atom stereocenters. The molecular weight excluding hydrogens is 642 g/mol. The minimum Gasteiger partial charge on any atom is -0.480 e. The topological polar surface area (TPSA) is 159 Å². The molecule has 0 aromatic carbocycles. The van der Waals surface area contributed by atoms with Crippen molar-refractivity contribution in [2.75, 3.05) is 6.54 Å². The van der Waals surface area contributed by atoms with E-state index in [0.717, 1.165) is 64.2 Å². The molecule has 0 unspecified atom stereocenters. The van der Waals surface area contributed by atoms with Gasteiger partial charge in [-0.05, 0) is 135 Å². The van der Waals surface area contributed by atoms with Crippen molar-refractivity contribution in [3.8, 4) is 0 Å². The average Bonchev–Trinajstić information content (AvgIpc) is 3.45. The van der Waals surface area contributed by atoms with Crippen LogP contribution in [0.1, 0.15) is 151 Å². The molecule has 0 radical (unpaired) electrons. The highest BCUT2D eigenvalue weighted by Crippen LogP contribution is 2.77. The van der Waals surface area contributed by atoms with Crippen LogP contribution in [-0.4, -0.2) is 52.6 Å². The number of amides is 3. The molecule has 5 rings (SSSR count). The maximum Gasteiger partial charge on any atom is 0.326 e. The first kappa shape index (κ1) is 39.8. The third-order valence-corrected chi connectivity index (χ3v) is 16.4. The summed E-state index contributed by atoms with van der Waals surface area (Å²) in [7, 11) is 0. The van der Waals surface area contributed by atoms with Crippen molar-refractivity contribution in [3.05, 3.63) is 12.2 Å². The van der Waals surface area contributed by atoms with Crippen molar-refractivity contribution in [3.63, 3.8) is 0 Å². The summed E-state index contributed by atoms with van der Waals surface area (Å²) in [6.07, 6.45) is 14.7. The molecule has 0 spiro atoms. The van der Waals surface area contributed by atoms with Gasteiger partial charge in [0.1, 0.15) is 6.04 Å². The number of unbranched alkanes of at least 4 members (excludes halogenated alkanes) is 4. The van der Waals surface area contributed by atoms with Crippen LogP contribution >= 0.6 is 0 Å². The van der Waals surface area contributed by atoms with Crippen molar-refractivity contribution >= 4 is 23.7 Å². The van der Waals surface area contributed by atoms with E-state index >= 15 is 0 Å². The van der Waals surface area contributed by atoms with E-state index in [-0.39, 0.29) is 51.4 Å². The monoisotopic (exact) mass is 712 g/mol. The molecule has 0 bridgehead atoms. The normalized spacial score (nSPS) is 40.1. The van der Waals surface area contributed by atoms with Crippen LogP contribution in [0.3, 0.4) is 0 Å². The zero-order valence-electron chi connectivity index (χ0n) is 32.6. The molecule has 3 amide bonds. The van der Waals surface area contributed by atoms with E-state index in [9.17, 15) is 29.4 Å². The molecule has 0 aromatic rings. The predicted octanol–water partition coefficient (Wildman–Crippen LogP) is 6.91. The Morgan fingerprint density at radius 3 is 2.18 bits per heavy atom. The minimum atomic E-state index is -1.29. The molecule has 0 saturated heterocycles. The molecule has 0 heterocycles. The number of primary amides is 1. The second kappa shape index (κ2) is 14.8. The minimum absolute atomic E-state index is 0.0551. The Morgan fingerprint density at radius 1 is 0.824 bits per heavy atom. The first-order valence-corrected chi connectivity index (χ1v) is 20.3. The maximum atomic E-state index is 14.4. The summed E-state index contributed by atoms with van der Waals surface area (Å²) in [6, 6.07) is -1.29. The predicted molar refractivity (Wildman–Crippen MR) is 199 cm³/mol. The Hall–Kier alpha value is -2.42. The molecule has 5 aliphatic carbocycles. The molecule has 0 aromatic heterocycles. The van der Waals surface area contributed by atoms with E-state index in [1.165, 1.54) is 31.3 Å². The van der Waals surface area contributed by atoms with Gasteiger partial charge in [-0.25, -0.2) is 4.79 Å². The lowest BCUT2D eigenvalue weighted by Crippen LogP contribution is -2.67. The molecule has 9 heteroatoms. The lowest BCUT2D eigenvalue weighted by molar-refractivity contribution is -0.246. The zero-order valence-corrected chi connectivity index (χ0v) is 32.6. The second-order valence-corrected chi connectivity index (χ2v) is 19.1. The number of carboxylic acids is 1. The van der Waals surface area contributed by atoms with Crippen LogP contribution in [0.5, 0.6) is 0 Å². The fourth-order valence-corrected chi connectivity index (χ4v) is 13.5. The third-order valence-electron chi connectivity index (χ3n) is 16.4. The van der Waals surface area contributed by atoms with Gasteiger partial charge in [-0.15, -0.1) is 0 Å². The molecule has 288 valence electrons. The van der Waals surface area contributed by atoms with E-state index in [4.69, 9.17) is 5.73 Å². The van der Waals surface area contributed by atoms with Crippen molar-refractivity contribution in [1.29, 1.82) is 0 Å². The number of rotatable bonds is 14. The van der Waals surface area contributed by atoms with Crippen LogP contribution in [0.25, 0.3) is 0 Å². The van der Waals surface area contributed by atoms with Gasteiger partial charge in [-0.1, -0.05) is 66.0 Å². The number of aliphatic hydroxyl groups is 1. The summed E-state index contributed by atoms with van der Waals surface area (Å²) in [6.45, 7) is 19.8. The Labute approximate surface area is 307 Å². The highest BCUT2D eigenvalue weighted by molar-refractivity contribution is 5.88. The fourth-order valence-electron chi connectivity index (χ4n) is 13.5. The van der Waals surface area contributed by atoms with E-state index < -0.39 is 24.3 Å². The average molecular weight is 712 g/mol. The number of carboxylic acid groups (broad SMARTS) is 1. The van der Waals surface area contributed by atoms with Crippen LogP contribution in [0.15, 0.2) is 12.2 Å². The van der Waals surface area contributed by atoms with Gasteiger partial charge in [-0.2, -0.15) is 0 Å². The third kappa shape index (κ3) is 6.91. The molecule has 5 fully saturated rings. The molecule has 5 aliphatic rings. The van der Waals surface area contributed by atoms with Crippen LogP contribution in [0, 0.1) is 56.7 Å². The smallest absolute Gasteiger partial charge is 0.326 e. The summed E-state index contributed by atoms with van der Waals surface area (Å²) in [5.74, 6) is 0.227. The van der Waals surface area contributed by atoms with Gasteiger partial charge in [0.05, 0.1) is 17.9 Å². The first-order chi connectivity index (χ1) is 23.8. The molecule has 9 nitrogen and oxygen atoms in total. The van der Waals surface area contributed by atoms with Crippen LogP contribution < -0.4 is 16.4 Å². The van der Waals surface area contributed by atoms with Crippen LogP contribution in [0.2, 0.25) is 0 Å². The maximum absolute atomic E-state index is 14.4. The van der Waals surface area contributed by atoms with Crippen molar-refractivity contribution in [2.45, 2.75) is 163 Å². The Kier molecular flexibility index (Phi) is 11.5. The number of fused-ring (bicyclic) bond motifs is 7. The number of nitrogens with one attached hydrogen (secondary N) is 2. The SMILES string of the molecule is C=C(C)[C@@H]1CC[C@]2(C(=O)NCCCCCCCC(=O)N[C@@H](CC(N)=O)C(=O)O)CC[C@]3(C)[C@H](CC[C@@H]4[C@@]5(C)CC[C@H](O)C(C)(C)[C@@H]5CC[C@]43C)[C@@H]12. The molecule has 51 heavy (non-hydrogen) atoms. The van der Waals surface area contributed by atoms with Gasteiger partial charge >= 0.3 is 5.97 Å². The standard InChI is InChI=1S/C42H69N3O6/c1-26(2)27-16-21-42(37(51)44-24-12-10-8-9-11-13-34(48)45-29(36(49)50)25-33(43)47)23-22-40(6)28(35(27)42)14-15-31-39(5)19-18-32(46)38(3,4)30(39)17-20-41(31,40)7/h27-32,35,46H,1,8-25H2,2-7H3,(H2,43,47)(H,44,51)(H,45,48)(H,49,50)/t27-,28+,29-,30-,31+,32-,35+,39-,40+,41+,42-/m0/s1. The van der Waals surface area contributed by atoms with Gasteiger partial charge in [0, 0.05) is 13.0 Å².